The Bertz CT molecular complexity index is 2200. The van der Waals surface area contributed by atoms with Crippen molar-refractivity contribution in [2.75, 3.05) is 13.2 Å². The fourth-order valence-corrected chi connectivity index (χ4v) is 7.54. The van der Waals surface area contributed by atoms with Crippen molar-refractivity contribution in [3.8, 4) is 33.5 Å². The molecule has 6 rings (SSSR count). The molecule has 1 amide bonds. The first-order valence-electron chi connectivity index (χ1n) is 17.9. The summed E-state index contributed by atoms with van der Waals surface area (Å²) in [4.78, 5) is 24.5. The van der Waals surface area contributed by atoms with Gasteiger partial charge in [-0.15, -0.1) is 5.10 Å². The van der Waals surface area contributed by atoms with Gasteiger partial charge < -0.3 is 40.0 Å². The molecule has 5 N–H and O–H groups in total. The number of nitrogens with zero attached hydrogens (tertiary/aromatic N) is 3. The molecule has 0 radical (unpaired) electrons. The SMILES string of the molecule is CC(=O)N[C@H]1[C@H]([C@H](O)[C@H](O)CNS(=O)(=O)c2ccc(-c3ccccc3)cc2)O[C@@](OCCCn2cc(-c3ccc(-c4ccccc4)cc3)nn2)(C(=O)[O-])C[C@@H]1O.[Na+]. The third-order valence-corrected chi connectivity index (χ3v) is 10.9. The molecule has 6 atom stereocenters. The van der Waals surface area contributed by atoms with Crippen molar-refractivity contribution in [1.29, 1.82) is 0 Å². The Balaban J connectivity index is 0.00000620. The predicted octanol–water partition coefficient (Wildman–Crippen LogP) is -1.51. The third-order valence-electron chi connectivity index (χ3n) is 9.43. The molecule has 17 heteroatoms. The van der Waals surface area contributed by atoms with E-state index in [2.05, 4.69) is 20.4 Å². The van der Waals surface area contributed by atoms with Gasteiger partial charge in [-0.1, -0.05) is 102 Å². The Labute approximate surface area is 352 Å². The zero-order valence-electron chi connectivity index (χ0n) is 31.3. The number of carbonyl (C=O) groups is 2. The second kappa shape index (κ2) is 19.4. The van der Waals surface area contributed by atoms with Crippen LogP contribution in [0.3, 0.4) is 0 Å². The number of hydrogen-bond acceptors (Lipinski definition) is 12. The zero-order valence-corrected chi connectivity index (χ0v) is 34.2. The van der Waals surface area contributed by atoms with E-state index >= 15 is 0 Å². The number of carbonyl (C=O) groups excluding carboxylic acids is 2. The monoisotopic (exact) mass is 807 g/mol. The number of aliphatic carboxylic acids is 1. The summed E-state index contributed by atoms with van der Waals surface area (Å²) in [5.74, 6) is -5.12. The van der Waals surface area contributed by atoms with Gasteiger partial charge in [-0.3, -0.25) is 9.48 Å². The standard InChI is InChI=1S/C40H43N5O10S.Na/c1-26(46)42-36-34(47)23-40(39(50)51,54-22-8-21-45-25-33(43-44-45)31-15-13-29(14-16-31)27-9-4-2-5-10-27)55-38(36)37(49)35(48)24-41-56(52,53)32-19-17-30(18-20-32)28-11-6-3-7-12-28;/h2-7,9-20,25,34-38,41,47-49H,8,21-24H2,1H3,(H,42,46)(H,50,51);/q;+1/p-1/t34-,35+,36+,37+,38+,40+;/m0./s1. The van der Waals surface area contributed by atoms with E-state index in [1.54, 1.807) is 23.0 Å². The third kappa shape index (κ3) is 10.8. The first-order chi connectivity index (χ1) is 26.8. The number of ether oxygens (including phenoxy) is 2. The number of aliphatic hydroxyl groups is 3. The van der Waals surface area contributed by atoms with Crippen molar-refractivity contribution in [3.63, 3.8) is 0 Å². The van der Waals surface area contributed by atoms with Gasteiger partial charge in [0.2, 0.25) is 21.7 Å². The zero-order chi connectivity index (χ0) is 39.9. The van der Waals surface area contributed by atoms with Gasteiger partial charge in [-0.25, -0.2) is 13.1 Å². The van der Waals surface area contributed by atoms with Gasteiger partial charge in [0.1, 0.15) is 23.9 Å². The number of aliphatic hydroxyl groups excluding tert-OH is 3. The Morgan fingerprint density at radius 3 is 2.02 bits per heavy atom. The molecule has 0 aliphatic carbocycles. The van der Waals surface area contributed by atoms with Crippen LogP contribution >= 0.6 is 0 Å². The summed E-state index contributed by atoms with van der Waals surface area (Å²) in [6.07, 6.45) is -6.11. The summed E-state index contributed by atoms with van der Waals surface area (Å²) in [5, 5.41) is 56.5. The first kappa shape index (κ1) is 43.8. The number of sulfonamides is 1. The number of carboxylic acids is 1. The van der Waals surface area contributed by atoms with Crippen molar-refractivity contribution < 1.29 is 77.5 Å². The Hall–Kier alpha value is -4.33. The second-order valence-electron chi connectivity index (χ2n) is 13.4. The van der Waals surface area contributed by atoms with E-state index in [-0.39, 0.29) is 54.0 Å². The van der Waals surface area contributed by atoms with Crippen LogP contribution in [-0.4, -0.2) is 100 Å². The van der Waals surface area contributed by atoms with Gasteiger partial charge in [0.25, 0.3) is 0 Å². The van der Waals surface area contributed by atoms with E-state index in [4.69, 9.17) is 9.47 Å². The van der Waals surface area contributed by atoms with Crippen LogP contribution in [0.4, 0.5) is 0 Å². The van der Waals surface area contributed by atoms with E-state index in [0.29, 0.717) is 5.69 Å². The number of amides is 1. The minimum atomic E-state index is -4.18. The molecule has 1 fully saturated rings. The largest absolute Gasteiger partial charge is 1.00 e. The van der Waals surface area contributed by atoms with Crippen LogP contribution in [0.1, 0.15) is 19.8 Å². The van der Waals surface area contributed by atoms with Gasteiger partial charge in [0, 0.05) is 32.0 Å². The molecule has 1 aliphatic heterocycles. The van der Waals surface area contributed by atoms with Gasteiger partial charge in [0.15, 0.2) is 0 Å². The van der Waals surface area contributed by atoms with Crippen LogP contribution in [0, 0.1) is 0 Å². The molecule has 4 aromatic carbocycles. The molecule has 0 saturated carbocycles. The van der Waals surface area contributed by atoms with Crippen LogP contribution in [0.2, 0.25) is 0 Å². The van der Waals surface area contributed by atoms with Crippen LogP contribution in [0.25, 0.3) is 33.5 Å². The number of carboxylic acid groups (broad SMARTS) is 1. The molecule has 5 aromatic rings. The molecular formula is C40H42N5NaO10S. The van der Waals surface area contributed by atoms with Gasteiger partial charge in [-0.05, 0) is 40.8 Å². The maximum Gasteiger partial charge on any atom is 1.00 e. The van der Waals surface area contributed by atoms with E-state index in [9.17, 15) is 38.4 Å². The maximum atomic E-state index is 13.1. The number of aryl methyl sites for hydroxylation is 1. The molecule has 1 aliphatic rings. The summed E-state index contributed by atoms with van der Waals surface area (Å²) in [7, 11) is -4.18. The summed E-state index contributed by atoms with van der Waals surface area (Å²) in [5.41, 5.74) is 5.27. The molecule has 0 unspecified atom stereocenters. The van der Waals surface area contributed by atoms with E-state index < -0.39 is 71.1 Å². The molecule has 0 spiro atoms. The van der Waals surface area contributed by atoms with Gasteiger partial charge in [-0.2, -0.15) is 0 Å². The van der Waals surface area contributed by atoms with E-state index in [1.807, 2.05) is 84.9 Å². The molecule has 15 nitrogen and oxygen atoms in total. The normalized spacial score (nSPS) is 20.5. The fraction of sp³-hybridized carbons (Fsp3) is 0.300. The minimum Gasteiger partial charge on any atom is -0.544 e. The topological polar surface area (TPSA) is 225 Å². The fourth-order valence-electron chi connectivity index (χ4n) is 6.48. The summed E-state index contributed by atoms with van der Waals surface area (Å²) in [6.45, 7) is 0.426. The summed E-state index contributed by atoms with van der Waals surface area (Å²) >= 11 is 0. The number of nitrogens with one attached hydrogen (secondary N) is 2. The summed E-state index contributed by atoms with van der Waals surface area (Å²) in [6, 6.07) is 31.7. The minimum absolute atomic E-state index is 0. The predicted molar refractivity (Wildman–Crippen MR) is 201 cm³/mol. The van der Waals surface area contributed by atoms with Crippen molar-refractivity contribution >= 4 is 21.9 Å². The van der Waals surface area contributed by atoms with Crippen molar-refractivity contribution in [1.82, 2.24) is 25.0 Å². The summed E-state index contributed by atoms with van der Waals surface area (Å²) < 4.78 is 41.4. The average molecular weight is 808 g/mol. The molecular weight excluding hydrogens is 766 g/mol. The van der Waals surface area contributed by atoms with Crippen LogP contribution < -0.4 is 44.7 Å². The molecule has 294 valence electrons. The van der Waals surface area contributed by atoms with Crippen LogP contribution in [0.15, 0.2) is 120 Å². The van der Waals surface area contributed by atoms with Crippen LogP contribution in [-0.2, 0) is 35.6 Å². The van der Waals surface area contributed by atoms with Crippen LogP contribution in [0.5, 0.6) is 0 Å². The van der Waals surface area contributed by atoms with Gasteiger partial charge >= 0.3 is 29.6 Å². The Morgan fingerprint density at radius 2 is 1.46 bits per heavy atom. The van der Waals surface area contributed by atoms with Crippen molar-refractivity contribution in [2.24, 2.45) is 0 Å². The average Bonchev–Trinajstić information content (AvgIpc) is 3.69. The maximum absolute atomic E-state index is 13.1. The van der Waals surface area contributed by atoms with Gasteiger partial charge in [0.05, 0.1) is 35.9 Å². The Morgan fingerprint density at radius 1 is 0.912 bits per heavy atom. The number of benzene rings is 4. The van der Waals surface area contributed by atoms with Crippen molar-refractivity contribution in [3.05, 3.63) is 115 Å². The van der Waals surface area contributed by atoms with E-state index in [1.165, 1.54) is 12.1 Å². The molecule has 1 saturated heterocycles. The molecule has 1 aromatic heterocycles. The first-order valence-corrected chi connectivity index (χ1v) is 19.4. The number of hydrogen-bond donors (Lipinski definition) is 5. The molecule has 0 bridgehead atoms. The van der Waals surface area contributed by atoms with Crippen molar-refractivity contribution in [2.45, 2.75) is 67.5 Å². The number of aromatic nitrogens is 3. The quantitative estimate of drug-likeness (QED) is 0.0567. The second-order valence-corrected chi connectivity index (χ2v) is 15.2. The smallest absolute Gasteiger partial charge is 0.544 e. The molecule has 2 heterocycles. The molecule has 57 heavy (non-hydrogen) atoms. The Kier molecular flexibility index (Phi) is 14.9. The van der Waals surface area contributed by atoms with E-state index in [0.717, 1.165) is 34.7 Å². The number of rotatable bonds is 16.